The molecule has 0 aliphatic heterocycles. The lowest BCUT2D eigenvalue weighted by Crippen LogP contribution is -2.38. The van der Waals surface area contributed by atoms with Crippen molar-refractivity contribution in [3.05, 3.63) is 24.3 Å². The third-order valence-electron chi connectivity index (χ3n) is 4.01. The van der Waals surface area contributed by atoms with Gasteiger partial charge in [-0.15, -0.1) is 10.2 Å². The van der Waals surface area contributed by atoms with E-state index in [0.717, 1.165) is 39.5 Å². The first-order chi connectivity index (χ1) is 11.1. The Balaban J connectivity index is 1.72. The number of rotatable bonds is 6. The highest BCUT2D eigenvalue weighted by Crippen LogP contribution is 2.23. The van der Waals surface area contributed by atoms with E-state index >= 15 is 0 Å². The van der Waals surface area contributed by atoms with Crippen LogP contribution in [0.4, 0.5) is 0 Å². The molecule has 122 valence electrons. The van der Waals surface area contributed by atoms with E-state index in [1.54, 1.807) is 11.8 Å². The number of para-hydroxylation sites is 1. The minimum Gasteiger partial charge on any atom is -0.338 e. The molecule has 0 saturated carbocycles. The second-order valence-electron chi connectivity index (χ2n) is 6.24. The molecule has 6 heteroatoms. The molecule has 5 nitrogen and oxygen atoms in total. The van der Waals surface area contributed by atoms with Gasteiger partial charge >= 0.3 is 0 Å². The fourth-order valence-corrected chi connectivity index (χ4v) is 3.66. The molecule has 2 heterocycles. The molecule has 0 spiro atoms. The Kier molecular flexibility index (Phi) is 4.82. The summed E-state index contributed by atoms with van der Waals surface area (Å²) in [5.41, 5.74) is 2.71. The van der Waals surface area contributed by atoms with E-state index in [0.29, 0.717) is 12.1 Å². The van der Waals surface area contributed by atoms with Crippen molar-refractivity contribution < 1.29 is 0 Å². The van der Waals surface area contributed by atoms with Crippen molar-refractivity contribution in [3.63, 3.8) is 0 Å². The van der Waals surface area contributed by atoms with Crippen molar-refractivity contribution in [1.29, 1.82) is 0 Å². The van der Waals surface area contributed by atoms with Crippen molar-refractivity contribution in [2.24, 2.45) is 0 Å². The molecule has 0 unspecified atom stereocenters. The van der Waals surface area contributed by atoms with E-state index in [9.17, 15) is 0 Å². The van der Waals surface area contributed by atoms with Crippen LogP contribution in [0.1, 0.15) is 27.7 Å². The summed E-state index contributed by atoms with van der Waals surface area (Å²) in [4.78, 5) is 10.4. The summed E-state index contributed by atoms with van der Waals surface area (Å²) in [5, 5.41) is 10.4. The quantitative estimate of drug-likeness (QED) is 0.699. The van der Waals surface area contributed by atoms with Gasteiger partial charge < -0.3 is 4.98 Å². The molecule has 2 aromatic heterocycles. The zero-order valence-electron chi connectivity index (χ0n) is 14.1. The maximum absolute atomic E-state index is 4.61. The number of nitrogens with zero attached hydrogens (tertiary/aromatic N) is 4. The van der Waals surface area contributed by atoms with Crippen LogP contribution < -0.4 is 0 Å². The van der Waals surface area contributed by atoms with Gasteiger partial charge in [-0.05, 0) is 33.8 Å². The number of aromatic amines is 1. The van der Waals surface area contributed by atoms with Crippen LogP contribution in [-0.2, 0) is 0 Å². The van der Waals surface area contributed by atoms with Gasteiger partial charge in [0.1, 0.15) is 5.52 Å². The number of H-pyrrole nitrogens is 1. The van der Waals surface area contributed by atoms with Crippen LogP contribution in [0.5, 0.6) is 0 Å². The molecule has 0 aliphatic carbocycles. The molecule has 3 rings (SSSR count). The summed E-state index contributed by atoms with van der Waals surface area (Å²) in [6.45, 7) is 9.96. The average molecular weight is 329 g/mol. The SMILES string of the molecule is CC(C)N(CCSc1nnc2c(n1)[nH]c1ccccc12)C(C)C. The first-order valence-corrected chi connectivity index (χ1v) is 9.04. The standard InChI is InChI=1S/C17H23N5S/c1-11(2)22(12(3)4)9-10-23-17-19-16-15(20-21-17)13-7-5-6-8-14(13)18-16/h5-8,11-12H,9-10H2,1-4H3,(H,18,19,21). The normalized spacial score (nSPS) is 12.3. The lowest BCUT2D eigenvalue weighted by atomic mass is 10.2. The lowest BCUT2D eigenvalue weighted by molar-refractivity contribution is 0.187. The first kappa shape index (κ1) is 16.2. The summed E-state index contributed by atoms with van der Waals surface area (Å²) in [6.07, 6.45) is 0. The Morgan fingerprint density at radius 1 is 1.09 bits per heavy atom. The summed E-state index contributed by atoms with van der Waals surface area (Å²) in [5.74, 6) is 0.962. The number of aromatic nitrogens is 4. The number of nitrogens with one attached hydrogen (secondary N) is 1. The van der Waals surface area contributed by atoms with Gasteiger partial charge in [0.15, 0.2) is 5.65 Å². The predicted molar refractivity (Wildman–Crippen MR) is 96.9 cm³/mol. The number of hydrogen-bond donors (Lipinski definition) is 1. The molecule has 0 aliphatic rings. The van der Waals surface area contributed by atoms with Gasteiger partial charge in [0, 0.05) is 35.3 Å². The third kappa shape index (κ3) is 3.48. The third-order valence-corrected chi connectivity index (χ3v) is 4.83. The summed E-state index contributed by atoms with van der Waals surface area (Å²) in [7, 11) is 0. The highest BCUT2D eigenvalue weighted by Gasteiger charge is 2.14. The fraction of sp³-hybridized carbons (Fsp3) is 0.471. The number of hydrogen-bond acceptors (Lipinski definition) is 5. The van der Waals surface area contributed by atoms with Crippen LogP contribution in [0.2, 0.25) is 0 Å². The second-order valence-corrected chi connectivity index (χ2v) is 7.30. The molecule has 3 aromatic rings. The van der Waals surface area contributed by atoms with Gasteiger partial charge in [-0.25, -0.2) is 4.98 Å². The summed E-state index contributed by atoms with van der Waals surface area (Å²) in [6, 6.07) is 9.19. The molecule has 1 N–H and O–H groups in total. The Morgan fingerprint density at radius 3 is 2.57 bits per heavy atom. The molecular weight excluding hydrogens is 306 g/mol. The summed E-state index contributed by atoms with van der Waals surface area (Å²) < 4.78 is 0. The minimum atomic E-state index is 0.547. The van der Waals surface area contributed by atoms with Crippen LogP contribution in [0.15, 0.2) is 29.4 Å². The fourth-order valence-electron chi connectivity index (χ4n) is 2.92. The zero-order valence-corrected chi connectivity index (χ0v) is 14.9. The number of thioether (sulfide) groups is 1. The van der Waals surface area contributed by atoms with Gasteiger partial charge in [-0.1, -0.05) is 30.0 Å². The highest BCUT2D eigenvalue weighted by molar-refractivity contribution is 7.99. The zero-order chi connectivity index (χ0) is 16.4. The lowest BCUT2D eigenvalue weighted by Gasteiger charge is -2.30. The van der Waals surface area contributed by atoms with Gasteiger partial charge in [0.25, 0.3) is 0 Å². The Hall–Kier alpha value is -1.66. The van der Waals surface area contributed by atoms with Crippen molar-refractivity contribution in [1.82, 2.24) is 25.1 Å². The van der Waals surface area contributed by atoms with Gasteiger partial charge in [-0.3, -0.25) is 4.90 Å². The van der Waals surface area contributed by atoms with Crippen LogP contribution in [0, 0.1) is 0 Å². The van der Waals surface area contributed by atoms with Gasteiger partial charge in [0.2, 0.25) is 5.16 Å². The molecule has 0 fully saturated rings. The van der Waals surface area contributed by atoms with E-state index in [1.807, 2.05) is 24.3 Å². The topological polar surface area (TPSA) is 57.7 Å². The smallest absolute Gasteiger partial charge is 0.211 e. The van der Waals surface area contributed by atoms with Crippen LogP contribution in [0.3, 0.4) is 0 Å². The van der Waals surface area contributed by atoms with Crippen LogP contribution in [0.25, 0.3) is 22.1 Å². The predicted octanol–water partition coefficient (Wildman–Crippen LogP) is 3.72. The largest absolute Gasteiger partial charge is 0.338 e. The Bertz CT molecular complexity index is 788. The number of benzene rings is 1. The maximum Gasteiger partial charge on any atom is 0.211 e. The first-order valence-electron chi connectivity index (χ1n) is 8.06. The second kappa shape index (κ2) is 6.84. The molecule has 0 bridgehead atoms. The van der Waals surface area contributed by atoms with Crippen molar-refractivity contribution in [2.75, 3.05) is 12.3 Å². The van der Waals surface area contributed by atoms with Crippen molar-refractivity contribution in [3.8, 4) is 0 Å². The molecule has 0 atom stereocenters. The van der Waals surface area contributed by atoms with E-state index in [1.165, 1.54) is 0 Å². The van der Waals surface area contributed by atoms with Crippen molar-refractivity contribution in [2.45, 2.75) is 44.9 Å². The molecule has 0 radical (unpaired) electrons. The van der Waals surface area contributed by atoms with E-state index in [4.69, 9.17) is 0 Å². The van der Waals surface area contributed by atoms with Crippen LogP contribution >= 0.6 is 11.8 Å². The van der Waals surface area contributed by atoms with E-state index in [2.05, 4.69) is 52.8 Å². The van der Waals surface area contributed by atoms with Crippen molar-refractivity contribution >= 4 is 33.8 Å². The molecule has 0 amide bonds. The molecule has 0 saturated heterocycles. The Morgan fingerprint density at radius 2 is 1.83 bits per heavy atom. The monoisotopic (exact) mass is 329 g/mol. The highest BCUT2D eigenvalue weighted by atomic mass is 32.2. The van der Waals surface area contributed by atoms with Crippen LogP contribution in [-0.4, -0.2) is 49.4 Å². The maximum atomic E-state index is 4.61. The molecule has 1 aromatic carbocycles. The van der Waals surface area contributed by atoms with Gasteiger partial charge in [0.05, 0.1) is 0 Å². The van der Waals surface area contributed by atoms with Gasteiger partial charge in [-0.2, -0.15) is 0 Å². The summed E-state index contributed by atoms with van der Waals surface area (Å²) >= 11 is 1.66. The van der Waals surface area contributed by atoms with E-state index in [-0.39, 0.29) is 0 Å². The number of fused-ring (bicyclic) bond motifs is 3. The molecule has 23 heavy (non-hydrogen) atoms. The minimum absolute atomic E-state index is 0.547. The Labute approximate surface area is 140 Å². The average Bonchev–Trinajstić information content (AvgIpc) is 2.88. The molecular formula is C17H23N5S. The van der Waals surface area contributed by atoms with E-state index < -0.39 is 0 Å².